The first kappa shape index (κ1) is 17.3. The van der Waals surface area contributed by atoms with Crippen molar-refractivity contribution in [2.75, 3.05) is 11.9 Å². The van der Waals surface area contributed by atoms with Crippen LogP contribution in [0.15, 0.2) is 24.3 Å². The first-order chi connectivity index (χ1) is 11.9. The standard InChI is InChI=1S/C19H22N2O4/c1-13(22)14-6-5-7-15(10-14)20-16(23)12-21-17(24)11-19(18(21)25)8-3-2-4-9-19/h5-7,10H,2-4,8-9,11-12H2,1H3,(H,20,23). The number of carbonyl (C=O) groups is 4. The van der Waals surface area contributed by atoms with Crippen molar-refractivity contribution in [3.8, 4) is 0 Å². The van der Waals surface area contributed by atoms with Crippen LogP contribution in [0.4, 0.5) is 5.69 Å². The monoisotopic (exact) mass is 342 g/mol. The van der Waals surface area contributed by atoms with Crippen molar-refractivity contribution in [2.24, 2.45) is 5.41 Å². The first-order valence-corrected chi connectivity index (χ1v) is 8.67. The van der Waals surface area contributed by atoms with Gasteiger partial charge >= 0.3 is 0 Å². The predicted octanol–water partition coefficient (Wildman–Crippen LogP) is 2.54. The van der Waals surface area contributed by atoms with Crippen LogP contribution in [-0.4, -0.2) is 34.9 Å². The first-order valence-electron chi connectivity index (χ1n) is 8.67. The molecule has 25 heavy (non-hydrogen) atoms. The molecule has 1 aliphatic heterocycles. The Bertz CT molecular complexity index is 735. The van der Waals surface area contributed by atoms with Gasteiger partial charge < -0.3 is 5.32 Å². The van der Waals surface area contributed by atoms with E-state index in [1.54, 1.807) is 24.3 Å². The van der Waals surface area contributed by atoms with Crippen LogP contribution in [0.25, 0.3) is 0 Å². The molecule has 132 valence electrons. The minimum Gasteiger partial charge on any atom is -0.325 e. The Labute approximate surface area is 146 Å². The Morgan fingerprint density at radius 1 is 1.16 bits per heavy atom. The lowest BCUT2D eigenvalue weighted by molar-refractivity contribution is -0.144. The molecule has 1 aliphatic carbocycles. The van der Waals surface area contributed by atoms with Gasteiger partial charge in [0.05, 0.1) is 5.41 Å². The van der Waals surface area contributed by atoms with E-state index in [9.17, 15) is 19.2 Å². The summed E-state index contributed by atoms with van der Waals surface area (Å²) in [5.74, 6) is -1.00. The highest BCUT2D eigenvalue weighted by Gasteiger charge is 2.51. The van der Waals surface area contributed by atoms with Crippen LogP contribution in [-0.2, 0) is 14.4 Å². The second kappa shape index (κ2) is 6.78. The molecule has 2 aliphatic rings. The van der Waals surface area contributed by atoms with Gasteiger partial charge in [-0.15, -0.1) is 0 Å². The van der Waals surface area contributed by atoms with E-state index in [1.165, 1.54) is 6.92 Å². The van der Waals surface area contributed by atoms with Crippen molar-refractivity contribution in [1.82, 2.24) is 4.90 Å². The van der Waals surface area contributed by atoms with Crippen LogP contribution < -0.4 is 5.32 Å². The lowest BCUT2D eigenvalue weighted by Gasteiger charge is -2.30. The van der Waals surface area contributed by atoms with Crippen LogP contribution >= 0.6 is 0 Å². The maximum absolute atomic E-state index is 12.7. The maximum atomic E-state index is 12.7. The average molecular weight is 342 g/mol. The summed E-state index contributed by atoms with van der Waals surface area (Å²) in [6.07, 6.45) is 4.69. The summed E-state index contributed by atoms with van der Waals surface area (Å²) in [7, 11) is 0. The Kier molecular flexibility index (Phi) is 4.70. The van der Waals surface area contributed by atoms with Gasteiger partial charge in [0.25, 0.3) is 0 Å². The molecule has 1 spiro atoms. The summed E-state index contributed by atoms with van der Waals surface area (Å²) in [6, 6.07) is 6.59. The zero-order chi connectivity index (χ0) is 18.0. The lowest BCUT2D eigenvalue weighted by Crippen LogP contribution is -2.41. The molecule has 1 aromatic carbocycles. The Morgan fingerprint density at radius 2 is 1.88 bits per heavy atom. The van der Waals surface area contributed by atoms with Crippen molar-refractivity contribution in [3.63, 3.8) is 0 Å². The molecule has 0 atom stereocenters. The van der Waals surface area contributed by atoms with E-state index >= 15 is 0 Å². The van der Waals surface area contributed by atoms with Gasteiger partial charge in [0.1, 0.15) is 6.54 Å². The Balaban J connectivity index is 1.66. The minimum atomic E-state index is -0.579. The van der Waals surface area contributed by atoms with Crippen molar-refractivity contribution < 1.29 is 19.2 Å². The number of rotatable bonds is 4. The predicted molar refractivity (Wildman–Crippen MR) is 91.9 cm³/mol. The topological polar surface area (TPSA) is 83.6 Å². The molecule has 6 heteroatoms. The van der Waals surface area contributed by atoms with Gasteiger partial charge in [0.15, 0.2) is 5.78 Å². The van der Waals surface area contributed by atoms with Crippen molar-refractivity contribution in [1.29, 1.82) is 0 Å². The number of hydrogen-bond acceptors (Lipinski definition) is 4. The molecule has 0 bridgehead atoms. The molecule has 0 radical (unpaired) electrons. The van der Waals surface area contributed by atoms with Gasteiger partial charge in [0.2, 0.25) is 17.7 Å². The van der Waals surface area contributed by atoms with Crippen LogP contribution in [0.5, 0.6) is 0 Å². The molecule has 1 N–H and O–H groups in total. The van der Waals surface area contributed by atoms with E-state index < -0.39 is 11.3 Å². The number of Topliss-reactive ketones (excluding diaryl/α,β-unsaturated/α-hetero) is 1. The van der Waals surface area contributed by atoms with E-state index in [4.69, 9.17) is 0 Å². The second-order valence-electron chi connectivity index (χ2n) is 6.99. The van der Waals surface area contributed by atoms with E-state index in [0.717, 1.165) is 37.0 Å². The zero-order valence-electron chi connectivity index (χ0n) is 14.3. The summed E-state index contributed by atoms with van der Waals surface area (Å²) < 4.78 is 0. The van der Waals surface area contributed by atoms with Crippen LogP contribution in [0.3, 0.4) is 0 Å². The number of anilines is 1. The number of carbonyl (C=O) groups excluding carboxylic acids is 4. The largest absolute Gasteiger partial charge is 0.325 e. The SMILES string of the molecule is CC(=O)c1cccc(NC(=O)CN2C(=O)CC3(CCCCC3)C2=O)c1. The molecule has 1 saturated carbocycles. The van der Waals surface area contributed by atoms with Crippen LogP contribution in [0.1, 0.15) is 55.8 Å². The van der Waals surface area contributed by atoms with Gasteiger partial charge in [-0.05, 0) is 31.9 Å². The Morgan fingerprint density at radius 3 is 2.56 bits per heavy atom. The number of amides is 3. The number of nitrogens with zero attached hydrogens (tertiary/aromatic N) is 1. The summed E-state index contributed by atoms with van der Waals surface area (Å²) in [4.78, 5) is 49.7. The van der Waals surface area contributed by atoms with E-state index in [0.29, 0.717) is 11.3 Å². The molecule has 3 rings (SSSR count). The molecule has 1 saturated heterocycles. The van der Waals surface area contributed by atoms with Crippen molar-refractivity contribution >= 4 is 29.2 Å². The molecule has 6 nitrogen and oxygen atoms in total. The van der Waals surface area contributed by atoms with Gasteiger partial charge in [0, 0.05) is 17.7 Å². The normalized spacial score (nSPS) is 19.3. The highest BCUT2D eigenvalue weighted by atomic mass is 16.2. The fourth-order valence-corrected chi connectivity index (χ4v) is 3.80. The fraction of sp³-hybridized carbons (Fsp3) is 0.474. The van der Waals surface area contributed by atoms with Crippen LogP contribution in [0, 0.1) is 5.41 Å². The van der Waals surface area contributed by atoms with Crippen LogP contribution in [0.2, 0.25) is 0 Å². The smallest absolute Gasteiger partial charge is 0.244 e. The highest BCUT2D eigenvalue weighted by molar-refractivity contribution is 6.09. The molecule has 1 heterocycles. The highest BCUT2D eigenvalue weighted by Crippen LogP contribution is 2.45. The van der Waals surface area contributed by atoms with E-state index in [2.05, 4.69) is 5.32 Å². The summed E-state index contributed by atoms with van der Waals surface area (Å²) in [5, 5.41) is 2.66. The maximum Gasteiger partial charge on any atom is 0.244 e. The van der Waals surface area contributed by atoms with Gasteiger partial charge in [-0.3, -0.25) is 24.1 Å². The summed E-state index contributed by atoms with van der Waals surface area (Å²) >= 11 is 0. The van der Waals surface area contributed by atoms with E-state index in [1.807, 2.05) is 0 Å². The number of imide groups is 1. The number of likely N-dealkylation sites (tertiary alicyclic amines) is 1. The zero-order valence-corrected chi connectivity index (χ0v) is 14.3. The van der Waals surface area contributed by atoms with E-state index in [-0.39, 0.29) is 30.6 Å². The molecule has 2 fully saturated rings. The third kappa shape index (κ3) is 3.48. The van der Waals surface area contributed by atoms with Gasteiger partial charge in [-0.25, -0.2) is 0 Å². The fourth-order valence-electron chi connectivity index (χ4n) is 3.80. The third-order valence-electron chi connectivity index (χ3n) is 5.15. The minimum absolute atomic E-state index is 0.0970. The number of nitrogens with one attached hydrogen (secondary N) is 1. The summed E-state index contributed by atoms with van der Waals surface area (Å²) in [5.41, 5.74) is 0.390. The third-order valence-corrected chi connectivity index (χ3v) is 5.15. The molecule has 0 aromatic heterocycles. The van der Waals surface area contributed by atoms with Gasteiger partial charge in [-0.1, -0.05) is 31.4 Å². The lowest BCUT2D eigenvalue weighted by atomic mass is 9.73. The molecule has 1 aromatic rings. The quantitative estimate of drug-likeness (QED) is 0.673. The van der Waals surface area contributed by atoms with Crippen molar-refractivity contribution in [2.45, 2.75) is 45.4 Å². The van der Waals surface area contributed by atoms with Crippen molar-refractivity contribution in [3.05, 3.63) is 29.8 Å². The molecular weight excluding hydrogens is 320 g/mol. The molecule has 3 amide bonds. The average Bonchev–Trinajstić information content (AvgIpc) is 2.80. The number of benzene rings is 1. The Hall–Kier alpha value is -2.50. The molecule has 0 unspecified atom stereocenters. The second-order valence-corrected chi connectivity index (χ2v) is 6.99. The molecular formula is C19H22N2O4. The summed E-state index contributed by atoms with van der Waals surface area (Å²) in [6.45, 7) is 1.18. The van der Waals surface area contributed by atoms with Gasteiger partial charge in [-0.2, -0.15) is 0 Å². The number of ketones is 1. The number of hydrogen-bond donors (Lipinski definition) is 1.